The summed E-state index contributed by atoms with van der Waals surface area (Å²) in [4.78, 5) is 0. The van der Waals surface area contributed by atoms with E-state index in [4.69, 9.17) is 11.6 Å². The number of benzene rings is 1. The molecule has 0 amide bonds. The van der Waals surface area contributed by atoms with Crippen LogP contribution in [0.1, 0.15) is 0 Å². The molecule has 0 aromatic heterocycles. The van der Waals surface area contributed by atoms with E-state index in [1.807, 2.05) is 0 Å². The fourth-order valence-electron chi connectivity index (χ4n) is 0.367. The van der Waals surface area contributed by atoms with Gasteiger partial charge in [-0.15, -0.1) is 28.6 Å². The molecule has 0 heterocycles. The first-order valence-corrected chi connectivity index (χ1v) is 2.39. The van der Waals surface area contributed by atoms with Crippen LogP contribution in [-0.4, -0.2) is 23.1 Å². The van der Waals surface area contributed by atoms with Crippen LogP contribution >= 0.6 is 28.6 Å². The molecule has 0 aliphatic carbocycles. The van der Waals surface area contributed by atoms with Crippen molar-refractivity contribution in [3.8, 4) is 0 Å². The standard InChI is InChI=1S/C6H4Cl.BrH.FH.Mg/c7-6-4-2-1-3-5-6;;;/h2-5H;2*1H;/q-1;;;+2/p-1. The van der Waals surface area contributed by atoms with Gasteiger partial charge in [-0.3, -0.25) is 0 Å². The van der Waals surface area contributed by atoms with E-state index < -0.39 is 0 Å². The first-order chi connectivity index (χ1) is 3.39. The molecule has 0 saturated carbocycles. The zero-order valence-electron chi connectivity index (χ0n) is 5.18. The summed E-state index contributed by atoms with van der Waals surface area (Å²) in [6.07, 6.45) is 0. The molecule has 1 aromatic carbocycles. The second kappa shape index (κ2) is 9.69. The SMILES string of the molecule is Br.Clc1cc[c-]cc1.[F-].[Mg+2]. The molecule has 0 aliphatic heterocycles. The molecular formula is C6H5BrClFMg. The van der Waals surface area contributed by atoms with Crippen LogP contribution < -0.4 is 4.70 Å². The molecule has 0 atom stereocenters. The molecule has 0 aliphatic rings. The molecule has 0 radical (unpaired) electrons. The average Bonchev–Trinajstić information content (AvgIpc) is 1.69. The van der Waals surface area contributed by atoms with Crippen molar-refractivity contribution in [3.63, 3.8) is 0 Å². The van der Waals surface area contributed by atoms with Crippen LogP contribution in [0, 0.1) is 6.07 Å². The van der Waals surface area contributed by atoms with Gasteiger partial charge < -0.3 is 4.70 Å². The fraction of sp³-hybridized carbons (Fsp3) is 0. The summed E-state index contributed by atoms with van der Waals surface area (Å²) in [6.45, 7) is 0. The minimum atomic E-state index is 0. The summed E-state index contributed by atoms with van der Waals surface area (Å²) < 4.78 is 0. The second-order valence-electron chi connectivity index (χ2n) is 1.22. The molecule has 0 N–H and O–H groups in total. The third kappa shape index (κ3) is 6.80. The van der Waals surface area contributed by atoms with E-state index in [2.05, 4.69) is 6.07 Å². The number of halogens is 3. The quantitative estimate of drug-likeness (QED) is 0.414. The van der Waals surface area contributed by atoms with Gasteiger partial charge >= 0.3 is 23.1 Å². The number of hydrogen-bond acceptors (Lipinski definition) is 0. The maximum absolute atomic E-state index is 5.52. The molecule has 0 unspecified atom stereocenters. The van der Waals surface area contributed by atoms with Gasteiger partial charge in [0, 0.05) is 0 Å². The predicted molar refractivity (Wildman–Crippen MR) is 46.4 cm³/mol. The van der Waals surface area contributed by atoms with Crippen molar-refractivity contribution >= 4 is 51.6 Å². The fourth-order valence-corrected chi connectivity index (χ4v) is 0.493. The second-order valence-corrected chi connectivity index (χ2v) is 1.65. The molecule has 0 spiro atoms. The Morgan fingerprint density at radius 1 is 1.20 bits per heavy atom. The molecule has 1 rings (SSSR count). The van der Waals surface area contributed by atoms with Crippen molar-refractivity contribution in [2.24, 2.45) is 0 Å². The van der Waals surface area contributed by atoms with E-state index in [1.165, 1.54) is 0 Å². The van der Waals surface area contributed by atoms with Crippen LogP contribution in [0.4, 0.5) is 0 Å². The van der Waals surface area contributed by atoms with Crippen molar-refractivity contribution in [2.75, 3.05) is 0 Å². The van der Waals surface area contributed by atoms with E-state index in [9.17, 15) is 0 Å². The van der Waals surface area contributed by atoms with E-state index in [-0.39, 0.29) is 44.7 Å². The summed E-state index contributed by atoms with van der Waals surface area (Å²) in [5, 5.41) is 0.763. The van der Waals surface area contributed by atoms with E-state index in [0.29, 0.717) is 0 Å². The Labute approximate surface area is 91.2 Å². The minimum absolute atomic E-state index is 0. The Morgan fingerprint density at radius 3 is 1.80 bits per heavy atom. The zero-order chi connectivity index (χ0) is 5.11. The monoisotopic (exact) mass is 234 g/mol. The van der Waals surface area contributed by atoms with Gasteiger partial charge in [0.15, 0.2) is 0 Å². The summed E-state index contributed by atoms with van der Waals surface area (Å²) in [5.74, 6) is 0. The molecule has 10 heavy (non-hydrogen) atoms. The van der Waals surface area contributed by atoms with Gasteiger partial charge in [0.05, 0.1) is 0 Å². The molecule has 0 nitrogen and oxygen atoms in total. The van der Waals surface area contributed by atoms with E-state index >= 15 is 0 Å². The Morgan fingerprint density at radius 2 is 1.60 bits per heavy atom. The number of hydrogen-bond donors (Lipinski definition) is 0. The minimum Gasteiger partial charge on any atom is -1.00 e. The van der Waals surface area contributed by atoms with E-state index in [1.54, 1.807) is 24.3 Å². The van der Waals surface area contributed by atoms with Gasteiger partial charge in [0.1, 0.15) is 0 Å². The van der Waals surface area contributed by atoms with Crippen molar-refractivity contribution < 1.29 is 4.70 Å². The first-order valence-electron chi connectivity index (χ1n) is 2.01. The predicted octanol–water partition coefficient (Wildman–Crippen LogP) is -0.659. The summed E-state index contributed by atoms with van der Waals surface area (Å²) in [5.41, 5.74) is 0. The van der Waals surface area contributed by atoms with Crippen molar-refractivity contribution in [3.05, 3.63) is 35.4 Å². The smallest absolute Gasteiger partial charge is 1.00 e. The Hall–Kier alpha value is 0.686. The molecule has 4 heteroatoms. The maximum atomic E-state index is 5.52. The van der Waals surface area contributed by atoms with Gasteiger partial charge in [0.25, 0.3) is 0 Å². The van der Waals surface area contributed by atoms with Crippen LogP contribution in [-0.2, 0) is 0 Å². The van der Waals surface area contributed by atoms with Crippen LogP contribution in [0.15, 0.2) is 24.3 Å². The van der Waals surface area contributed by atoms with E-state index in [0.717, 1.165) is 5.02 Å². The normalized spacial score (nSPS) is 6.10. The van der Waals surface area contributed by atoms with Crippen molar-refractivity contribution in [1.29, 1.82) is 0 Å². The molecule has 0 saturated heterocycles. The summed E-state index contributed by atoms with van der Waals surface area (Å²) in [7, 11) is 0. The summed E-state index contributed by atoms with van der Waals surface area (Å²) >= 11 is 5.52. The third-order valence-corrected chi connectivity index (χ3v) is 0.930. The average molecular weight is 236 g/mol. The van der Waals surface area contributed by atoms with Gasteiger partial charge in [-0.1, -0.05) is 5.02 Å². The van der Waals surface area contributed by atoms with Gasteiger partial charge in [-0.05, 0) is 0 Å². The first kappa shape index (κ1) is 17.0. The Kier molecular flexibility index (Phi) is 16.4. The van der Waals surface area contributed by atoms with Gasteiger partial charge in [-0.2, -0.15) is 30.3 Å². The molecule has 52 valence electrons. The zero-order valence-corrected chi connectivity index (χ0v) is 9.06. The van der Waals surface area contributed by atoms with Crippen molar-refractivity contribution in [1.82, 2.24) is 0 Å². The summed E-state index contributed by atoms with van der Waals surface area (Å²) in [6, 6.07) is 10.00. The third-order valence-electron chi connectivity index (χ3n) is 0.678. The maximum Gasteiger partial charge on any atom is 2.00 e. The molecular weight excluding hydrogens is 231 g/mol. The van der Waals surface area contributed by atoms with Crippen LogP contribution in [0.3, 0.4) is 0 Å². The largest absolute Gasteiger partial charge is 2.00 e. The topological polar surface area (TPSA) is 0 Å². The Bertz CT molecular complexity index is 148. The van der Waals surface area contributed by atoms with Gasteiger partial charge in [0.2, 0.25) is 0 Å². The van der Waals surface area contributed by atoms with Crippen LogP contribution in [0.5, 0.6) is 0 Å². The van der Waals surface area contributed by atoms with Crippen molar-refractivity contribution in [2.45, 2.75) is 0 Å². The Balaban J connectivity index is -0.000000163. The molecule has 1 aromatic rings. The van der Waals surface area contributed by atoms with Crippen LogP contribution in [0.25, 0.3) is 0 Å². The molecule has 0 fully saturated rings. The number of rotatable bonds is 0. The van der Waals surface area contributed by atoms with Crippen LogP contribution in [0.2, 0.25) is 5.02 Å². The molecule has 0 bridgehead atoms. The van der Waals surface area contributed by atoms with Gasteiger partial charge in [-0.25, -0.2) is 0 Å².